The van der Waals surface area contributed by atoms with E-state index in [1.165, 1.54) is 25.1 Å². The van der Waals surface area contributed by atoms with Gasteiger partial charge in [0.15, 0.2) is 0 Å². The normalized spacial score (nSPS) is 28.6. The molecule has 0 bridgehead atoms. The molecular weight excluding hydrogens is 252 g/mol. The minimum Gasteiger partial charge on any atom is -0.374 e. The van der Waals surface area contributed by atoms with E-state index in [9.17, 15) is 0 Å². The van der Waals surface area contributed by atoms with Gasteiger partial charge in [-0.25, -0.2) is 0 Å². The van der Waals surface area contributed by atoms with Crippen LogP contribution in [0.5, 0.6) is 0 Å². The summed E-state index contributed by atoms with van der Waals surface area (Å²) in [7, 11) is 0. The molecule has 3 heterocycles. The number of nitrogens with zero attached hydrogens (tertiary/aromatic N) is 3. The van der Waals surface area contributed by atoms with Crippen LogP contribution in [0.4, 0.5) is 0 Å². The van der Waals surface area contributed by atoms with E-state index in [4.69, 9.17) is 10.5 Å². The van der Waals surface area contributed by atoms with E-state index in [0.29, 0.717) is 6.04 Å². The largest absolute Gasteiger partial charge is 0.374 e. The fraction of sp³-hybridized carbons (Fsp3) is 0.800. The van der Waals surface area contributed by atoms with E-state index in [0.717, 1.165) is 31.8 Å². The Morgan fingerprint density at radius 1 is 1.55 bits per heavy atom. The number of nitrogens with two attached hydrogens (primary N) is 1. The first kappa shape index (κ1) is 14.0. The predicted octanol–water partition coefficient (Wildman–Crippen LogP) is 0.944. The first-order chi connectivity index (χ1) is 9.67. The predicted molar refractivity (Wildman–Crippen MR) is 78.7 cm³/mol. The summed E-state index contributed by atoms with van der Waals surface area (Å²) in [4.78, 5) is 2.55. The summed E-state index contributed by atoms with van der Waals surface area (Å²) >= 11 is 0. The lowest BCUT2D eigenvalue weighted by molar-refractivity contribution is -0.0591. The Kier molecular flexibility index (Phi) is 4.10. The lowest BCUT2D eigenvalue weighted by atomic mass is 10.0. The number of ether oxygens (including phenoxy) is 1. The topological polar surface area (TPSA) is 56.3 Å². The van der Waals surface area contributed by atoms with Crippen molar-refractivity contribution in [2.75, 3.05) is 19.7 Å². The van der Waals surface area contributed by atoms with Crippen LogP contribution in [0.15, 0.2) is 6.07 Å². The summed E-state index contributed by atoms with van der Waals surface area (Å²) in [5, 5.41) is 4.49. The molecule has 2 N–H and O–H groups in total. The van der Waals surface area contributed by atoms with Gasteiger partial charge in [-0.15, -0.1) is 0 Å². The van der Waals surface area contributed by atoms with Gasteiger partial charge >= 0.3 is 0 Å². The number of fused-ring (bicyclic) bond motifs is 1. The standard InChI is InChI=1S/C15H26N4O/c1-3-19-13(7-11(2)17-19)8-14(16)15-9-18-6-4-5-12(18)10-20-15/h7,12,14-15H,3-6,8-10,16H2,1-2H3. The smallest absolute Gasteiger partial charge is 0.0857 e. The number of hydrogen-bond acceptors (Lipinski definition) is 4. The summed E-state index contributed by atoms with van der Waals surface area (Å²) < 4.78 is 8.06. The number of aromatic nitrogens is 2. The van der Waals surface area contributed by atoms with E-state index in [2.05, 4.69) is 27.7 Å². The molecule has 0 radical (unpaired) electrons. The molecule has 0 saturated carbocycles. The molecule has 2 fully saturated rings. The van der Waals surface area contributed by atoms with Crippen LogP contribution >= 0.6 is 0 Å². The highest BCUT2D eigenvalue weighted by Gasteiger charge is 2.34. The Bertz CT molecular complexity index is 459. The van der Waals surface area contributed by atoms with E-state index in [1.807, 2.05) is 6.92 Å². The molecule has 20 heavy (non-hydrogen) atoms. The van der Waals surface area contributed by atoms with Crippen LogP contribution in [0.2, 0.25) is 0 Å². The summed E-state index contributed by atoms with van der Waals surface area (Å²) in [6.45, 7) is 8.11. The maximum Gasteiger partial charge on any atom is 0.0857 e. The zero-order valence-corrected chi connectivity index (χ0v) is 12.6. The van der Waals surface area contributed by atoms with Crippen LogP contribution in [-0.4, -0.2) is 52.6 Å². The van der Waals surface area contributed by atoms with Crippen molar-refractivity contribution in [1.82, 2.24) is 14.7 Å². The van der Waals surface area contributed by atoms with Gasteiger partial charge in [-0.3, -0.25) is 9.58 Å². The summed E-state index contributed by atoms with van der Waals surface area (Å²) in [5.74, 6) is 0. The molecule has 0 amide bonds. The Balaban J connectivity index is 1.62. The molecule has 1 aromatic rings. The lowest BCUT2D eigenvalue weighted by Crippen LogP contribution is -2.53. The van der Waals surface area contributed by atoms with E-state index in [1.54, 1.807) is 0 Å². The Hall–Kier alpha value is -0.910. The molecule has 5 nitrogen and oxygen atoms in total. The zero-order valence-electron chi connectivity index (χ0n) is 12.6. The monoisotopic (exact) mass is 278 g/mol. The minimum absolute atomic E-state index is 0.0537. The molecule has 5 heteroatoms. The van der Waals surface area contributed by atoms with Gasteiger partial charge in [0.25, 0.3) is 0 Å². The number of hydrogen-bond donors (Lipinski definition) is 1. The highest BCUT2D eigenvalue weighted by Crippen LogP contribution is 2.24. The maximum atomic E-state index is 6.40. The van der Waals surface area contributed by atoms with Crippen molar-refractivity contribution in [2.24, 2.45) is 5.73 Å². The van der Waals surface area contributed by atoms with E-state index < -0.39 is 0 Å². The summed E-state index contributed by atoms with van der Waals surface area (Å²) in [6.07, 6.45) is 3.59. The fourth-order valence-corrected chi connectivity index (χ4v) is 3.51. The maximum absolute atomic E-state index is 6.40. The van der Waals surface area contributed by atoms with Crippen molar-refractivity contribution >= 4 is 0 Å². The van der Waals surface area contributed by atoms with Gasteiger partial charge in [-0.1, -0.05) is 0 Å². The molecule has 0 aliphatic carbocycles. The third-order valence-corrected chi connectivity index (χ3v) is 4.62. The van der Waals surface area contributed by atoms with Crippen molar-refractivity contribution in [1.29, 1.82) is 0 Å². The van der Waals surface area contributed by atoms with Gasteiger partial charge in [0.05, 0.1) is 18.4 Å². The van der Waals surface area contributed by atoms with Gasteiger partial charge in [0.2, 0.25) is 0 Å². The molecular formula is C15H26N4O. The van der Waals surface area contributed by atoms with Crippen LogP contribution in [0, 0.1) is 6.92 Å². The second kappa shape index (κ2) is 5.84. The zero-order chi connectivity index (χ0) is 14.1. The number of rotatable bonds is 4. The molecule has 112 valence electrons. The van der Waals surface area contributed by atoms with Crippen LogP contribution < -0.4 is 5.73 Å². The van der Waals surface area contributed by atoms with Crippen LogP contribution in [0.1, 0.15) is 31.2 Å². The summed E-state index contributed by atoms with van der Waals surface area (Å²) in [6, 6.07) is 2.84. The Morgan fingerprint density at radius 2 is 2.40 bits per heavy atom. The first-order valence-electron chi connectivity index (χ1n) is 7.82. The van der Waals surface area contributed by atoms with Crippen molar-refractivity contribution in [3.63, 3.8) is 0 Å². The van der Waals surface area contributed by atoms with E-state index >= 15 is 0 Å². The molecule has 2 aliphatic heterocycles. The second-order valence-electron chi connectivity index (χ2n) is 6.12. The number of aryl methyl sites for hydroxylation is 2. The van der Waals surface area contributed by atoms with Gasteiger partial charge in [-0.2, -0.15) is 5.10 Å². The minimum atomic E-state index is 0.0537. The van der Waals surface area contributed by atoms with E-state index in [-0.39, 0.29) is 12.1 Å². The number of morpholine rings is 1. The highest BCUT2D eigenvalue weighted by molar-refractivity contribution is 5.11. The average molecular weight is 278 g/mol. The average Bonchev–Trinajstić information content (AvgIpc) is 3.03. The molecule has 1 aromatic heterocycles. The molecule has 3 unspecified atom stereocenters. The molecule has 0 aromatic carbocycles. The van der Waals surface area contributed by atoms with Crippen LogP contribution in [0.25, 0.3) is 0 Å². The highest BCUT2D eigenvalue weighted by atomic mass is 16.5. The molecule has 3 atom stereocenters. The van der Waals surface area contributed by atoms with Gasteiger partial charge in [0.1, 0.15) is 0 Å². The molecule has 3 rings (SSSR count). The van der Waals surface area contributed by atoms with Crippen molar-refractivity contribution in [3.8, 4) is 0 Å². The van der Waals surface area contributed by atoms with Crippen molar-refractivity contribution in [3.05, 3.63) is 17.5 Å². The third-order valence-electron chi connectivity index (χ3n) is 4.62. The Morgan fingerprint density at radius 3 is 3.20 bits per heavy atom. The first-order valence-corrected chi connectivity index (χ1v) is 7.82. The van der Waals surface area contributed by atoms with Crippen molar-refractivity contribution in [2.45, 2.75) is 57.8 Å². The lowest BCUT2D eigenvalue weighted by Gasteiger charge is -2.37. The van der Waals surface area contributed by atoms with Gasteiger partial charge in [-0.05, 0) is 39.3 Å². The second-order valence-corrected chi connectivity index (χ2v) is 6.12. The quantitative estimate of drug-likeness (QED) is 0.891. The molecule has 2 aliphatic rings. The van der Waals surface area contributed by atoms with Crippen LogP contribution in [0.3, 0.4) is 0 Å². The van der Waals surface area contributed by atoms with Gasteiger partial charge < -0.3 is 10.5 Å². The molecule has 0 spiro atoms. The van der Waals surface area contributed by atoms with Gasteiger partial charge in [0, 0.05) is 37.3 Å². The molecule has 2 saturated heterocycles. The van der Waals surface area contributed by atoms with Crippen molar-refractivity contribution < 1.29 is 4.74 Å². The third kappa shape index (κ3) is 2.75. The fourth-order valence-electron chi connectivity index (χ4n) is 3.51. The Labute approximate surface area is 121 Å². The summed E-state index contributed by atoms with van der Waals surface area (Å²) in [5.41, 5.74) is 8.70. The SMILES string of the molecule is CCn1nc(C)cc1CC(N)C1CN2CCCC2CO1. The van der Waals surface area contributed by atoms with Crippen LogP contribution in [-0.2, 0) is 17.7 Å².